The van der Waals surface area contributed by atoms with Crippen LogP contribution in [-0.4, -0.2) is 44.3 Å². The Morgan fingerprint density at radius 3 is 2.23 bits per heavy atom. The summed E-state index contributed by atoms with van der Waals surface area (Å²) in [6, 6.07) is 20.7. The molecule has 0 aliphatic carbocycles. The molecule has 8 heteroatoms. The normalized spacial score (nSPS) is 12.0. The van der Waals surface area contributed by atoms with Crippen molar-refractivity contribution in [1.29, 1.82) is 0 Å². The number of carbonyl (C=O) groups is 2. The van der Waals surface area contributed by atoms with Crippen LogP contribution in [-0.2, 0) is 26.2 Å². The summed E-state index contributed by atoms with van der Waals surface area (Å²) in [4.78, 5) is 29.1. The molecular formula is C32H41N3O4S. The Bertz CT molecular complexity index is 1410. The van der Waals surface area contributed by atoms with Gasteiger partial charge in [-0.1, -0.05) is 80.4 Å². The SMILES string of the molecule is CCCCNC(=O)C(CC)N(Cc1cccc(C)c1)C(=O)CN(c1cc(C)ccc1C)S(=O)(=O)c1ccccc1. The lowest BCUT2D eigenvalue weighted by atomic mass is 10.1. The molecule has 0 aromatic heterocycles. The van der Waals surface area contributed by atoms with Crippen LogP contribution in [0.3, 0.4) is 0 Å². The van der Waals surface area contributed by atoms with Crippen molar-refractivity contribution < 1.29 is 18.0 Å². The number of hydrogen-bond donors (Lipinski definition) is 1. The number of nitrogens with one attached hydrogen (secondary N) is 1. The van der Waals surface area contributed by atoms with Crippen LogP contribution >= 0.6 is 0 Å². The molecule has 40 heavy (non-hydrogen) atoms. The quantitative estimate of drug-likeness (QED) is 0.277. The highest BCUT2D eigenvalue weighted by molar-refractivity contribution is 7.92. The fraction of sp³-hybridized carbons (Fsp3) is 0.375. The van der Waals surface area contributed by atoms with Crippen LogP contribution in [0.1, 0.15) is 55.4 Å². The Morgan fingerprint density at radius 1 is 0.875 bits per heavy atom. The number of amides is 2. The minimum atomic E-state index is -4.09. The van der Waals surface area contributed by atoms with Crippen molar-refractivity contribution in [3.8, 4) is 0 Å². The summed E-state index contributed by atoms with van der Waals surface area (Å²) in [5, 5.41) is 2.96. The van der Waals surface area contributed by atoms with Crippen LogP contribution in [0.5, 0.6) is 0 Å². The van der Waals surface area contributed by atoms with E-state index in [9.17, 15) is 18.0 Å². The molecule has 0 fully saturated rings. The number of aryl methyl sites for hydroxylation is 3. The second-order valence-electron chi connectivity index (χ2n) is 10.2. The van der Waals surface area contributed by atoms with Gasteiger partial charge in [-0.3, -0.25) is 13.9 Å². The molecule has 0 bridgehead atoms. The highest BCUT2D eigenvalue weighted by atomic mass is 32.2. The topological polar surface area (TPSA) is 86.8 Å². The van der Waals surface area contributed by atoms with Gasteiger partial charge in [0.2, 0.25) is 11.8 Å². The van der Waals surface area contributed by atoms with Crippen molar-refractivity contribution in [2.75, 3.05) is 17.4 Å². The van der Waals surface area contributed by atoms with Crippen LogP contribution in [0.2, 0.25) is 0 Å². The van der Waals surface area contributed by atoms with Crippen molar-refractivity contribution in [2.24, 2.45) is 0 Å². The summed E-state index contributed by atoms with van der Waals surface area (Å²) in [5.74, 6) is -0.680. The average Bonchev–Trinajstić information content (AvgIpc) is 2.93. The van der Waals surface area contributed by atoms with E-state index < -0.39 is 28.5 Å². The van der Waals surface area contributed by atoms with Crippen molar-refractivity contribution in [2.45, 2.75) is 71.4 Å². The monoisotopic (exact) mass is 563 g/mol. The molecule has 2 amide bonds. The van der Waals surface area contributed by atoms with E-state index in [4.69, 9.17) is 0 Å². The Kier molecular flexibility index (Phi) is 10.9. The first-order valence-electron chi connectivity index (χ1n) is 13.9. The third-order valence-corrected chi connectivity index (χ3v) is 8.67. The number of benzene rings is 3. The average molecular weight is 564 g/mol. The van der Waals surface area contributed by atoms with Crippen molar-refractivity contribution in [3.05, 3.63) is 95.1 Å². The molecule has 0 spiro atoms. The first-order chi connectivity index (χ1) is 19.1. The fourth-order valence-corrected chi connectivity index (χ4v) is 6.15. The molecule has 0 radical (unpaired) electrons. The molecule has 0 saturated heterocycles. The molecule has 3 aromatic carbocycles. The predicted octanol–water partition coefficient (Wildman–Crippen LogP) is 5.53. The second-order valence-corrected chi connectivity index (χ2v) is 12.1. The van der Waals surface area contributed by atoms with Gasteiger partial charge in [-0.05, 0) is 68.5 Å². The van der Waals surface area contributed by atoms with E-state index in [1.165, 1.54) is 21.3 Å². The molecule has 3 rings (SSSR count). The number of sulfonamides is 1. The molecule has 0 saturated carbocycles. The highest BCUT2D eigenvalue weighted by Crippen LogP contribution is 2.28. The minimum Gasteiger partial charge on any atom is -0.354 e. The first-order valence-corrected chi connectivity index (χ1v) is 15.3. The first kappa shape index (κ1) is 30.9. The van der Waals surface area contributed by atoms with Gasteiger partial charge in [0.15, 0.2) is 0 Å². The smallest absolute Gasteiger partial charge is 0.264 e. The van der Waals surface area contributed by atoms with Crippen molar-refractivity contribution in [1.82, 2.24) is 10.2 Å². The molecule has 0 heterocycles. The number of carbonyl (C=O) groups excluding carboxylic acids is 2. The Labute approximate surface area is 239 Å². The molecule has 1 unspecified atom stereocenters. The van der Waals surface area contributed by atoms with Gasteiger partial charge in [-0.15, -0.1) is 0 Å². The zero-order chi connectivity index (χ0) is 29.3. The number of hydrogen-bond acceptors (Lipinski definition) is 4. The van der Waals surface area contributed by atoms with Gasteiger partial charge in [-0.2, -0.15) is 0 Å². The van der Waals surface area contributed by atoms with E-state index in [1.54, 1.807) is 24.3 Å². The van der Waals surface area contributed by atoms with Gasteiger partial charge in [0.05, 0.1) is 10.6 Å². The Balaban J connectivity index is 2.07. The van der Waals surface area contributed by atoms with Gasteiger partial charge >= 0.3 is 0 Å². The van der Waals surface area contributed by atoms with E-state index >= 15 is 0 Å². The molecule has 0 aliphatic rings. The molecule has 214 valence electrons. The van der Waals surface area contributed by atoms with Crippen LogP contribution in [0.4, 0.5) is 5.69 Å². The van der Waals surface area contributed by atoms with Crippen LogP contribution in [0.15, 0.2) is 77.7 Å². The van der Waals surface area contributed by atoms with Crippen molar-refractivity contribution in [3.63, 3.8) is 0 Å². The van der Waals surface area contributed by atoms with E-state index in [-0.39, 0.29) is 17.3 Å². The van der Waals surface area contributed by atoms with Gasteiger partial charge in [0.1, 0.15) is 12.6 Å². The highest BCUT2D eigenvalue weighted by Gasteiger charge is 2.34. The van der Waals surface area contributed by atoms with Crippen LogP contribution in [0, 0.1) is 20.8 Å². The summed E-state index contributed by atoms with van der Waals surface area (Å²) in [6.07, 6.45) is 2.17. The zero-order valence-electron chi connectivity index (χ0n) is 24.2. The lowest BCUT2D eigenvalue weighted by Crippen LogP contribution is -2.52. The van der Waals surface area contributed by atoms with Crippen LogP contribution < -0.4 is 9.62 Å². The second kappa shape index (κ2) is 14.1. The molecule has 1 atom stereocenters. The number of nitrogens with zero attached hydrogens (tertiary/aromatic N) is 2. The lowest BCUT2D eigenvalue weighted by molar-refractivity contribution is -0.140. The standard InChI is InChI=1S/C32H41N3O4S/c1-6-8-19-33-32(37)29(7-2)34(22-27-14-12-13-24(3)20-27)31(36)23-35(30-21-25(4)17-18-26(30)5)40(38,39)28-15-10-9-11-16-28/h9-18,20-21,29H,6-8,19,22-23H2,1-5H3,(H,33,37). The lowest BCUT2D eigenvalue weighted by Gasteiger charge is -2.33. The third kappa shape index (κ3) is 7.72. The summed E-state index contributed by atoms with van der Waals surface area (Å²) < 4.78 is 29.1. The van der Waals surface area contributed by atoms with E-state index in [0.717, 1.165) is 35.1 Å². The summed E-state index contributed by atoms with van der Waals surface area (Å²) in [5.41, 5.74) is 3.95. The van der Waals surface area contributed by atoms with Gasteiger partial charge in [0, 0.05) is 13.1 Å². The summed E-state index contributed by atoms with van der Waals surface area (Å²) in [7, 11) is -4.09. The largest absolute Gasteiger partial charge is 0.354 e. The fourth-order valence-electron chi connectivity index (χ4n) is 4.65. The molecular weight excluding hydrogens is 522 g/mol. The predicted molar refractivity (Wildman–Crippen MR) is 161 cm³/mol. The zero-order valence-corrected chi connectivity index (χ0v) is 25.0. The number of anilines is 1. The third-order valence-electron chi connectivity index (χ3n) is 6.89. The number of unbranched alkanes of at least 4 members (excludes halogenated alkanes) is 1. The summed E-state index contributed by atoms with van der Waals surface area (Å²) >= 11 is 0. The van der Waals surface area contributed by atoms with Crippen LogP contribution in [0.25, 0.3) is 0 Å². The Hall–Kier alpha value is -3.65. The maximum Gasteiger partial charge on any atom is 0.264 e. The van der Waals surface area contributed by atoms with Crippen molar-refractivity contribution >= 4 is 27.5 Å². The van der Waals surface area contributed by atoms with Gasteiger partial charge in [-0.25, -0.2) is 8.42 Å². The molecule has 7 nitrogen and oxygen atoms in total. The maximum atomic E-state index is 14.2. The molecule has 0 aliphatic heterocycles. The van der Waals surface area contributed by atoms with E-state index in [2.05, 4.69) is 5.32 Å². The summed E-state index contributed by atoms with van der Waals surface area (Å²) in [6.45, 7) is 9.87. The van der Waals surface area contributed by atoms with Gasteiger partial charge in [0.25, 0.3) is 10.0 Å². The molecule has 1 N–H and O–H groups in total. The van der Waals surface area contributed by atoms with Gasteiger partial charge < -0.3 is 10.2 Å². The van der Waals surface area contributed by atoms with E-state index in [0.29, 0.717) is 18.7 Å². The Morgan fingerprint density at radius 2 is 1.57 bits per heavy atom. The van der Waals surface area contributed by atoms with E-state index in [1.807, 2.05) is 71.0 Å². The number of rotatable bonds is 13. The maximum absolute atomic E-state index is 14.2. The molecule has 3 aromatic rings. The minimum absolute atomic E-state index is 0.0956.